The molecule has 1 aromatic rings. The Labute approximate surface area is 90.4 Å². The van der Waals surface area contributed by atoms with Crippen LogP contribution in [-0.2, 0) is 5.75 Å². The number of pyridine rings is 1. The Kier molecular flexibility index (Phi) is 3.81. The molecule has 1 heterocycles. The fraction of sp³-hybridized carbons (Fsp3) is 0.545. The zero-order chi connectivity index (χ0) is 10.7. The van der Waals surface area contributed by atoms with E-state index in [4.69, 9.17) is 0 Å². The van der Waals surface area contributed by atoms with Crippen LogP contribution in [-0.4, -0.2) is 4.57 Å². The number of hydrogen-bond acceptors (Lipinski definition) is 2. The van der Waals surface area contributed by atoms with Crippen LogP contribution in [0.1, 0.15) is 37.6 Å². The van der Waals surface area contributed by atoms with Gasteiger partial charge in [0.2, 0.25) is 0 Å². The van der Waals surface area contributed by atoms with Crippen LogP contribution in [0.4, 0.5) is 0 Å². The standard InChI is InChI=1S/C11H17NOS/c1-4-8(2)12-9(3)5-6-10(7-14)11(12)13/h5-6,8,14H,4,7H2,1-3H3. The Morgan fingerprint density at radius 3 is 2.64 bits per heavy atom. The molecule has 1 rings (SSSR count). The normalized spacial score (nSPS) is 12.9. The van der Waals surface area contributed by atoms with Crippen LogP contribution < -0.4 is 5.56 Å². The topological polar surface area (TPSA) is 22.0 Å². The first-order chi connectivity index (χ1) is 6.61. The van der Waals surface area contributed by atoms with Crippen molar-refractivity contribution in [2.75, 3.05) is 0 Å². The third-order valence-electron chi connectivity index (χ3n) is 2.60. The van der Waals surface area contributed by atoms with E-state index in [1.807, 2.05) is 23.6 Å². The van der Waals surface area contributed by atoms with Gasteiger partial charge in [-0.2, -0.15) is 12.6 Å². The lowest BCUT2D eigenvalue weighted by Crippen LogP contribution is -2.27. The van der Waals surface area contributed by atoms with E-state index in [0.717, 1.165) is 17.7 Å². The minimum Gasteiger partial charge on any atom is -0.310 e. The molecule has 0 spiro atoms. The highest BCUT2D eigenvalue weighted by Gasteiger charge is 2.09. The highest BCUT2D eigenvalue weighted by Crippen LogP contribution is 2.11. The minimum absolute atomic E-state index is 0.106. The van der Waals surface area contributed by atoms with E-state index in [1.54, 1.807) is 0 Å². The first-order valence-corrected chi connectivity index (χ1v) is 5.57. The van der Waals surface area contributed by atoms with Gasteiger partial charge >= 0.3 is 0 Å². The Morgan fingerprint density at radius 1 is 1.50 bits per heavy atom. The Morgan fingerprint density at radius 2 is 2.14 bits per heavy atom. The van der Waals surface area contributed by atoms with Gasteiger partial charge in [-0.3, -0.25) is 4.79 Å². The zero-order valence-corrected chi connectivity index (χ0v) is 9.84. The van der Waals surface area contributed by atoms with Crippen LogP contribution in [0.2, 0.25) is 0 Å². The molecule has 2 nitrogen and oxygen atoms in total. The SMILES string of the molecule is CCC(C)n1c(C)ccc(CS)c1=O. The van der Waals surface area contributed by atoms with E-state index in [0.29, 0.717) is 5.75 Å². The highest BCUT2D eigenvalue weighted by atomic mass is 32.1. The van der Waals surface area contributed by atoms with Gasteiger partial charge in [0.15, 0.2) is 0 Å². The molecule has 1 unspecified atom stereocenters. The molecule has 0 saturated heterocycles. The van der Waals surface area contributed by atoms with Gasteiger partial charge < -0.3 is 4.57 Å². The van der Waals surface area contributed by atoms with Crippen LogP contribution in [0.25, 0.3) is 0 Å². The second kappa shape index (κ2) is 4.69. The summed E-state index contributed by atoms with van der Waals surface area (Å²) in [5.41, 5.74) is 1.91. The van der Waals surface area contributed by atoms with E-state index in [2.05, 4.69) is 26.5 Å². The van der Waals surface area contributed by atoms with Gasteiger partial charge in [-0.15, -0.1) is 0 Å². The highest BCUT2D eigenvalue weighted by molar-refractivity contribution is 7.79. The molecule has 0 amide bonds. The summed E-state index contributed by atoms with van der Waals surface area (Å²) in [6, 6.07) is 4.12. The monoisotopic (exact) mass is 211 g/mol. The van der Waals surface area contributed by atoms with Crippen LogP contribution >= 0.6 is 12.6 Å². The van der Waals surface area contributed by atoms with Crippen molar-refractivity contribution in [3.8, 4) is 0 Å². The van der Waals surface area contributed by atoms with Crippen molar-refractivity contribution in [1.29, 1.82) is 0 Å². The van der Waals surface area contributed by atoms with Crippen molar-refractivity contribution in [2.24, 2.45) is 0 Å². The van der Waals surface area contributed by atoms with Crippen LogP contribution in [0.3, 0.4) is 0 Å². The Hall–Kier alpha value is -0.700. The molecule has 14 heavy (non-hydrogen) atoms. The maximum atomic E-state index is 11.9. The predicted molar refractivity (Wildman–Crippen MR) is 63.1 cm³/mol. The predicted octanol–water partition coefficient (Wildman–Crippen LogP) is 2.56. The number of hydrogen-bond donors (Lipinski definition) is 1. The van der Waals surface area contributed by atoms with E-state index < -0.39 is 0 Å². The van der Waals surface area contributed by atoms with Crippen molar-refractivity contribution < 1.29 is 0 Å². The average molecular weight is 211 g/mol. The first kappa shape index (κ1) is 11.4. The van der Waals surface area contributed by atoms with Gasteiger partial charge in [-0.1, -0.05) is 13.0 Å². The quantitative estimate of drug-likeness (QED) is 0.763. The van der Waals surface area contributed by atoms with Crippen molar-refractivity contribution in [3.05, 3.63) is 33.7 Å². The van der Waals surface area contributed by atoms with Gasteiger partial charge in [-0.05, 0) is 26.3 Å². The third-order valence-corrected chi connectivity index (χ3v) is 2.94. The van der Waals surface area contributed by atoms with Gasteiger partial charge in [0.05, 0.1) is 0 Å². The summed E-state index contributed by atoms with van der Waals surface area (Å²) in [6.07, 6.45) is 0.969. The molecule has 3 heteroatoms. The second-order valence-electron chi connectivity index (χ2n) is 3.59. The zero-order valence-electron chi connectivity index (χ0n) is 8.95. The molecule has 0 aliphatic rings. The number of rotatable bonds is 3. The van der Waals surface area contributed by atoms with Gasteiger partial charge in [0, 0.05) is 23.1 Å². The number of nitrogens with zero attached hydrogens (tertiary/aromatic N) is 1. The molecule has 1 aromatic heterocycles. The lowest BCUT2D eigenvalue weighted by atomic mass is 10.2. The van der Waals surface area contributed by atoms with Crippen molar-refractivity contribution in [1.82, 2.24) is 4.57 Å². The fourth-order valence-electron chi connectivity index (χ4n) is 1.54. The lowest BCUT2D eigenvalue weighted by Gasteiger charge is -2.17. The molecule has 78 valence electrons. The molecule has 0 radical (unpaired) electrons. The summed E-state index contributed by atoms with van der Waals surface area (Å²) in [5, 5.41) is 0. The van der Waals surface area contributed by atoms with E-state index in [1.165, 1.54) is 0 Å². The molecular formula is C11H17NOS. The molecular weight excluding hydrogens is 194 g/mol. The molecule has 0 fully saturated rings. The maximum absolute atomic E-state index is 11.9. The largest absolute Gasteiger partial charge is 0.310 e. The molecule has 0 aromatic carbocycles. The molecule has 0 aliphatic carbocycles. The van der Waals surface area contributed by atoms with Crippen molar-refractivity contribution in [2.45, 2.75) is 39.0 Å². The number of aromatic nitrogens is 1. The maximum Gasteiger partial charge on any atom is 0.255 e. The lowest BCUT2D eigenvalue weighted by molar-refractivity contribution is 0.500. The third kappa shape index (κ3) is 2.03. The Balaban J connectivity index is 3.33. The summed E-state index contributed by atoms with van der Waals surface area (Å²) in [7, 11) is 0. The summed E-state index contributed by atoms with van der Waals surface area (Å²) in [6.45, 7) is 6.12. The smallest absolute Gasteiger partial charge is 0.255 e. The minimum atomic E-state index is 0.106. The summed E-state index contributed by atoms with van der Waals surface area (Å²) in [5.74, 6) is 0.509. The summed E-state index contributed by atoms with van der Waals surface area (Å²) >= 11 is 4.15. The molecule has 1 atom stereocenters. The van der Waals surface area contributed by atoms with Crippen molar-refractivity contribution >= 4 is 12.6 Å². The molecule has 0 bridgehead atoms. The number of aryl methyl sites for hydroxylation is 1. The fourth-order valence-corrected chi connectivity index (χ4v) is 1.78. The first-order valence-electron chi connectivity index (χ1n) is 4.93. The molecule has 0 aliphatic heterocycles. The van der Waals surface area contributed by atoms with Crippen LogP contribution in [0.5, 0.6) is 0 Å². The summed E-state index contributed by atoms with van der Waals surface area (Å²) in [4.78, 5) is 11.9. The van der Waals surface area contributed by atoms with Gasteiger partial charge in [0.25, 0.3) is 5.56 Å². The van der Waals surface area contributed by atoms with Crippen LogP contribution in [0, 0.1) is 6.92 Å². The van der Waals surface area contributed by atoms with Gasteiger partial charge in [0.1, 0.15) is 0 Å². The van der Waals surface area contributed by atoms with E-state index in [-0.39, 0.29) is 11.6 Å². The number of thiol groups is 1. The van der Waals surface area contributed by atoms with Crippen molar-refractivity contribution in [3.63, 3.8) is 0 Å². The summed E-state index contributed by atoms with van der Waals surface area (Å²) < 4.78 is 1.85. The molecule has 0 N–H and O–H groups in total. The van der Waals surface area contributed by atoms with Gasteiger partial charge in [-0.25, -0.2) is 0 Å². The second-order valence-corrected chi connectivity index (χ2v) is 3.91. The average Bonchev–Trinajstić information content (AvgIpc) is 2.18. The Bertz CT molecular complexity index is 370. The van der Waals surface area contributed by atoms with E-state index >= 15 is 0 Å². The molecule has 0 saturated carbocycles. The van der Waals surface area contributed by atoms with E-state index in [9.17, 15) is 4.79 Å². The van der Waals surface area contributed by atoms with Crippen LogP contribution in [0.15, 0.2) is 16.9 Å².